The van der Waals surface area contributed by atoms with Crippen LogP contribution in [0.4, 0.5) is 0 Å². The van der Waals surface area contributed by atoms with Gasteiger partial charge in [0.2, 0.25) is 0 Å². The van der Waals surface area contributed by atoms with Crippen LogP contribution in [0.1, 0.15) is 12.0 Å². The third kappa shape index (κ3) is 1.79. The SMILES string of the molecule is N#C/C=C1/CCSc2ccc(Cl)cc21. The monoisotopic (exact) mass is 221 g/mol. The first-order valence-electron chi connectivity index (χ1n) is 4.32. The molecule has 1 aromatic rings. The molecule has 0 spiro atoms. The van der Waals surface area contributed by atoms with Gasteiger partial charge in [-0.1, -0.05) is 11.6 Å². The molecule has 0 N–H and O–H groups in total. The zero-order valence-corrected chi connectivity index (χ0v) is 9.03. The predicted octanol–water partition coefficient (Wildman–Crippen LogP) is 3.74. The summed E-state index contributed by atoms with van der Waals surface area (Å²) in [5.41, 5.74) is 2.22. The van der Waals surface area contributed by atoms with Crippen LogP contribution < -0.4 is 0 Å². The number of fused-ring (bicyclic) bond motifs is 1. The van der Waals surface area contributed by atoms with Gasteiger partial charge in [0, 0.05) is 21.7 Å². The molecular formula is C11H8ClNS. The van der Waals surface area contributed by atoms with Gasteiger partial charge in [0.15, 0.2) is 0 Å². The molecule has 70 valence electrons. The van der Waals surface area contributed by atoms with Crippen LogP contribution in [0.25, 0.3) is 5.57 Å². The summed E-state index contributed by atoms with van der Waals surface area (Å²) in [5.74, 6) is 1.04. The molecule has 2 rings (SSSR count). The first-order chi connectivity index (χ1) is 6.81. The zero-order chi connectivity index (χ0) is 9.97. The number of hydrogen-bond donors (Lipinski definition) is 0. The molecule has 1 aliphatic rings. The van der Waals surface area contributed by atoms with Crippen LogP contribution in [0.2, 0.25) is 5.02 Å². The molecule has 0 bridgehead atoms. The van der Waals surface area contributed by atoms with E-state index in [9.17, 15) is 0 Å². The third-order valence-electron chi connectivity index (χ3n) is 2.16. The van der Waals surface area contributed by atoms with Crippen molar-refractivity contribution < 1.29 is 0 Å². The topological polar surface area (TPSA) is 23.8 Å². The molecule has 0 unspecified atom stereocenters. The zero-order valence-electron chi connectivity index (χ0n) is 7.46. The average Bonchev–Trinajstić information content (AvgIpc) is 2.19. The summed E-state index contributed by atoms with van der Waals surface area (Å²) in [6.07, 6.45) is 2.57. The molecule has 0 amide bonds. The van der Waals surface area contributed by atoms with Gasteiger partial charge >= 0.3 is 0 Å². The number of allylic oxidation sites excluding steroid dienone is 2. The molecular weight excluding hydrogens is 214 g/mol. The Balaban J connectivity index is 2.53. The largest absolute Gasteiger partial charge is 0.193 e. The average molecular weight is 222 g/mol. The summed E-state index contributed by atoms with van der Waals surface area (Å²) in [6.45, 7) is 0. The maximum absolute atomic E-state index is 8.65. The molecule has 0 fully saturated rings. The molecule has 1 nitrogen and oxygen atoms in total. The van der Waals surface area contributed by atoms with E-state index in [0.29, 0.717) is 0 Å². The lowest BCUT2D eigenvalue weighted by Crippen LogP contribution is -1.97. The Morgan fingerprint density at radius 2 is 2.36 bits per heavy atom. The molecule has 0 aromatic heterocycles. The van der Waals surface area contributed by atoms with Gasteiger partial charge in [-0.25, -0.2) is 0 Å². The normalized spacial score (nSPS) is 17.6. The molecule has 1 heterocycles. The highest BCUT2D eigenvalue weighted by Gasteiger charge is 2.14. The number of nitriles is 1. The van der Waals surface area contributed by atoms with E-state index in [1.165, 1.54) is 4.90 Å². The van der Waals surface area contributed by atoms with E-state index in [-0.39, 0.29) is 0 Å². The first kappa shape index (κ1) is 9.64. The molecule has 3 heteroatoms. The minimum atomic E-state index is 0.732. The van der Waals surface area contributed by atoms with Gasteiger partial charge in [0.05, 0.1) is 6.07 Å². The first-order valence-corrected chi connectivity index (χ1v) is 5.69. The van der Waals surface area contributed by atoms with Crippen molar-refractivity contribution in [2.45, 2.75) is 11.3 Å². The van der Waals surface area contributed by atoms with Crippen LogP contribution in [-0.4, -0.2) is 5.75 Å². The van der Waals surface area contributed by atoms with E-state index < -0.39 is 0 Å². The van der Waals surface area contributed by atoms with Crippen LogP contribution in [0.3, 0.4) is 0 Å². The summed E-state index contributed by atoms with van der Waals surface area (Å²) in [6, 6.07) is 7.93. The van der Waals surface area contributed by atoms with Gasteiger partial charge in [-0.15, -0.1) is 11.8 Å². The second kappa shape index (κ2) is 4.08. The van der Waals surface area contributed by atoms with E-state index >= 15 is 0 Å². The van der Waals surface area contributed by atoms with Gasteiger partial charge in [-0.3, -0.25) is 0 Å². The molecule has 0 saturated heterocycles. The second-order valence-corrected chi connectivity index (χ2v) is 4.61. The van der Waals surface area contributed by atoms with Crippen molar-refractivity contribution in [3.05, 3.63) is 34.9 Å². The third-order valence-corrected chi connectivity index (χ3v) is 3.47. The summed E-state index contributed by atoms with van der Waals surface area (Å²) >= 11 is 7.74. The fraction of sp³-hybridized carbons (Fsp3) is 0.182. The molecule has 0 radical (unpaired) electrons. The number of nitrogens with zero attached hydrogens (tertiary/aromatic N) is 1. The van der Waals surface area contributed by atoms with Gasteiger partial charge in [0.1, 0.15) is 0 Å². The summed E-state index contributed by atoms with van der Waals surface area (Å²) in [4.78, 5) is 1.22. The minimum Gasteiger partial charge on any atom is -0.193 e. The van der Waals surface area contributed by atoms with Crippen LogP contribution in [0.15, 0.2) is 29.2 Å². The van der Waals surface area contributed by atoms with Crippen molar-refractivity contribution in [3.63, 3.8) is 0 Å². The minimum absolute atomic E-state index is 0.732. The van der Waals surface area contributed by atoms with Crippen molar-refractivity contribution in [1.82, 2.24) is 0 Å². The van der Waals surface area contributed by atoms with Crippen molar-refractivity contribution in [2.24, 2.45) is 0 Å². The van der Waals surface area contributed by atoms with E-state index in [4.69, 9.17) is 16.9 Å². The summed E-state index contributed by atoms with van der Waals surface area (Å²) < 4.78 is 0. The van der Waals surface area contributed by atoms with Gasteiger partial charge < -0.3 is 0 Å². The highest BCUT2D eigenvalue weighted by molar-refractivity contribution is 7.99. The molecule has 0 atom stereocenters. The lowest BCUT2D eigenvalue weighted by molar-refractivity contribution is 1.19. The molecule has 0 aliphatic carbocycles. The van der Waals surface area contributed by atoms with E-state index in [1.54, 1.807) is 6.08 Å². The van der Waals surface area contributed by atoms with Crippen molar-refractivity contribution in [1.29, 1.82) is 5.26 Å². The predicted molar refractivity (Wildman–Crippen MR) is 60.4 cm³/mol. The van der Waals surface area contributed by atoms with Crippen LogP contribution in [0, 0.1) is 11.3 Å². The Bertz CT molecular complexity index is 431. The van der Waals surface area contributed by atoms with Crippen LogP contribution in [-0.2, 0) is 0 Å². The molecule has 1 aliphatic heterocycles. The van der Waals surface area contributed by atoms with Gasteiger partial charge in [0.25, 0.3) is 0 Å². The Morgan fingerprint density at radius 3 is 3.14 bits per heavy atom. The quantitative estimate of drug-likeness (QED) is 0.623. The summed E-state index contributed by atoms with van der Waals surface area (Å²) in [7, 11) is 0. The maximum atomic E-state index is 8.65. The Hall–Kier alpha value is -0.910. The van der Waals surface area contributed by atoms with E-state index in [0.717, 1.165) is 28.3 Å². The standard InChI is InChI=1S/C11H8ClNS/c12-9-1-2-11-10(7-9)8(3-5-13)4-6-14-11/h1-3,7H,4,6H2/b8-3-. The number of benzene rings is 1. The Kier molecular flexibility index (Phi) is 2.81. The van der Waals surface area contributed by atoms with E-state index in [2.05, 4.69) is 6.07 Å². The molecule has 0 saturated carbocycles. The number of thioether (sulfide) groups is 1. The van der Waals surface area contributed by atoms with Gasteiger partial charge in [-0.05, 0) is 35.8 Å². The van der Waals surface area contributed by atoms with E-state index in [1.807, 2.05) is 30.0 Å². The van der Waals surface area contributed by atoms with Crippen molar-refractivity contribution >= 4 is 28.9 Å². The lowest BCUT2D eigenvalue weighted by Gasteiger charge is -2.17. The maximum Gasteiger partial charge on any atom is 0.0915 e. The highest BCUT2D eigenvalue weighted by Crippen LogP contribution is 2.37. The molecule has 1 aromatic carbocycles. The number of halogens is 1. The van der Waals surface area contributed by atoms with Gasteiger partial charge in [-0.2, -0.15) is 5.26 Å². The van der Waals surface area contributed by atoms with Crippen LogP contribution >= 0.6 is 23.4 Å². The number of rotatable bonds is 0. The summed E-state index contributed by atoms with van der Waals surface area (Å²) in [5, 5.41) is 9.38. The van der Waals surface area contributed by atoms with Crippen molar-refractivity contribution in [3.8, 4) is 6.07 Å². The highest BCUT2D eigenvalue weighted by atomic mass is 35.5. The number of hydrogen-bond acceptors (Lipinski definition) is 2. The van der Waals surface area contributed by atoms with Crippen LogP contribution in [0.5, 0.6) is 0 Å². The Morgan fingerprint density at radius 1 is 1.50 bits per heavy atom. The fourth-order valence-corrected chi connectivity index (χ4v) is 2.74. The smallest absolute Gasteiger partial charge is 0.0915 e. The fourth-order valence-electron chi connectivity index (χ4n) is 1.51. The van der Waals surface area contributed by atoms with Crippen molar-refractivity contribution in [2.75, 3.05) is 5.75 Å². The lowest BCUT2D eigenvalue weighted by atomic mass is 10.0. The second-order valence-electron chi connectivity index (χ2n) is 3.04. The molecule has 14 heavy (non-hydrogen) atoms. The Labute approximate surface area is 92.4 Å².